The largest absolute Gasteiger partial charge is 0.423 e. The molecule has 0 saturated carbocycles. The van der Waals surface area contributed by atoms with E-state index in [-0.39, 0.29) is 22.6 Å². The van der Waals surface area contributed by atoms with Crippen molar-refractivity contribution in [2.75, 3.05) is 0 Å². The van der Waals surface area contributed by atoms with Crippen molar-refractivity contribution in [3.63, 3.8) is 0 Å². The third kappa shape index (κ3) is 7.07. The first kappa shape index (κ1) is 27.1. The van der Waals surface area contributed by atoms with Crippen molar-refractivity contribution in [3.8, 4) is 11.5 Å². The zero-order chi connectivity index (χ0) is 27.1. The van der Waals surface area contributed by atoms with Crippen LogP contribution in [0.1, 0.15) is 36.6 Å². The zero-order valence-corrected chi connectivity index (χ0v) is 22.5. The number of amides is 1. The molecule has 7 nitrogen and oxygen atoms in total. The molecule has 0 radical (unpaired) electrons. The van der Waals surface area contributed by atoms with Gasteiger partial charge in [-0.05, 0) is 88.7 Å². The van der Waals surface area contributed by atoms with Crippen LogP contribution in [0, 0.1) is 0 Å². The van der Waals surface area contributed by atoms with Crippen LogP contribution in [-0.4, -0.2) is 24.1 Å². The molecule has 4 rings (SSSR count). The molecule has 0 saturated heterocycles. The highest BCUT2D eigenvalue weighted by Gasteiger charge is 2.15. The van der Waals surface area contributed by atoms with Crippen LogP contribution >= 0.6 is 39.1 Å². The van der Waals surface area contributed by atoms with E-state index in [9.17, 15) is 14.4 Å². The van der Waals surface area contributed by atoms with E-state index in [2.05, 4.69) is 26.5 Å². The number of ether oxygens (including phenoxy) is 2. The van der Waals surface area contributed by atoms with Crippen LogP contribution in [0.3, 0.4) is 0 Å². The van der Waals surface area contributed by atoms with Crippen molar-refractivity contribution >= 4 is 63.2 Å². The number of benzene rings is 4. The SMILES string of the molecule is O=C(Oc1ccc(/C=N\NC(=O)c2ccccc2Br)c(OC(=O)c2ccc(Cl)cc2)c1)c1ccc(Cl)cc1. The lowest BCUT2D eigenvalue weighted by Crippen LogP contribution is -2.18. The summed E-state index contributed by atoms with van der Waals surface area (Å²) in [6, 6.07) is 23.6. The molecule has 0 aliphatic heterocycles. The normalized spacial score (nSPS) is 10.7. The Morgan fingerprint density at radius 3 is 1.95 bits per heavy atom. The monoisotopic (exact) mass is 610 g/mol. The number of nitrogens with zero attached hydrogens (tertiary/aromatic N) is 1. The Labute approximate surface area is 236 Å². The van der Waals surface area contributed by atoms with Gasteiger partial charge in [0.05, 0.1) is 22.9 Å². The molecule has 4 aromatic rings. The Kier molecular flexibility index (Phi) is 8.91. The molecule has 0 aliphatic carbocycles. The molecular weight excluding hydrogens is 595 g/mol. The summed E-state index contributed by atoms with van der Waals surface area (Å²) >= 11 is 15.1. The van der Waals surface area contributed by atoms with Crippen LogP contribution in [0.4, 0.5) is 0 Å². The minimum atomic E-state index is -0.672. The fraction of sp³-hybridized carbons (Fsp3) is 0. The molecule has 1 amide bonds. The molecule has 0 bridgehead atoms. The van der Waals surface area contributed by atoms with E-state index in [1.54, 1.807) is 48.5 Å². The Bertz CT molecular complexity index is 1520. The van der Waals surface area contributed by atoms with Crippen molar-refractivity contribution in [3.05, 3.63) is 128 Å². The average molecular weight is 612 g/mol. The van der Waals surface area contributed by atoms with Crippen LogP contribution in [-0.2, 0) is 0 Å². The fourth-order valence-corrected chi connectivity index (χ4v) is 3.85. The van der Waals surface area contributed by atoms with Gasteiger partial charge in [-0.25, -0.2) is 15.0 Å². The van der Waals surface area contributed by atoms with Gasteiger partial charge in [0.25, 0.3) is 5.91 Å². The van der Waals surface area contributed by atoms with Crippen molar-refractivity contribution < 1.29 is 23.9 Å². The van der Waals surface area contributed by atoms with Crippen LogP contribution in [0.15, 0.2) is 101 Å². The van der Waals surface area contributed by atoms with Crippen LogP contribution in [0.5, 0.6) is 11.5 Å². The molecule has 38 heavy (non-hydrogen) atoms. The van der Waals surface area contributed by atoms with E-state index in [1.807, 2.05) is 0 Å². The number of carbonyl (C=O) groups is 3. The third-order valence-electron chi connectivity index (χ3n) is 5.05. The predicted octanol–water partition coefficient (Wildman–Crippen LogP) is 6.96. The summed E-state index contributed by atoms with van der Waals surface area (Å²) < 4.78 is 11.6. The fourth-order valence-electron chi connectivity index (χ4n) is 3.14. The molecule has 0 heterocycles. The van der Waals surface area contributed by atoms with Gasteiger partial charge in [-0.2, -0.15) is 5.10 Å². The van der Waals surface area contributed by atoms with Gasteiger partial charge in [-0.3, -0.25) is 4.79 Å². The number of nitrogens with one attached hydrogen (secondary N) is 1. The van der Waals surface area contributed by atoms with Gasteiger partial charge in [-0.1, -0.05) is 35.3 Å². The second-order valence-corrected chi connectivity index (χ2v) is 9.40. The summed E-state index contributed by atoms with van der Waals surface area (Å²) in [5.74, 6) is -1.57. The first-order chi connectivity index (χ1) is 18.3. The number of esters is 2. The van der Waals surface area contributed by atoms with Crippen molar-refractivity contribution in [1.29, 1.82) is 0 Å². The minimum absolute atomic E-state index is 0.0465. The molecule has 10 heteroatoms. The summed E-state index contributed by atoms with van der Waals surface area (Å²) in [7, 11) is 0. The van der Waals surface area contributed by atoms with Crippen molar-refractivity contribution in [1.82, 2.24) is 5.43 Å². The summed E-state index contributed by atoms with van der Waals surface area (Å²) in [6.45, 7) is 0. The van der Waals surface area contributed by atoms with E-state index < -0.39 is 17.8 Å². The zero-order valence-electron chi connectivity index (χ0n) is 19.4. The summed E-state index contributed by atoms with van der Waals surface area (Å²) in [4.78, 5) is 37.8. The van der Waals surface area contributed by atoms with Gasteiger partial charge in [0.2, 0.25) is 0 Å². The highest BCUT2D eigenvalue weighted by molar-refractivity contribution is 9.10. The maximum Gasteiger partial charge on any atom is 0.343 e. The van der Waals surface area contributed by atoms with Gasteiger partial charge in [0.15, 0.2) is 0 Å². The Morgan fingerprint density at radius 2 is 1.34 bits per heavy atom. The number of carbonyl (C=O) groups excluding carboxylic acids is 3. The molecule has 0 spiro atoms. The van der Waals surface area contributed by atoms with Gasteiger partial charge in [0.1, 0.15) is 11.5 Å². The standard InChI is InChI=1S/C28H17BrCl2N2O5/c29-24-4-2-1-3-23(24)26(34)33-32-16-19-9-14-22(37-27(35)17-5-10-20(30)11-6-17)15-25(19)38-28(36)18-7-12-21(31)13-8-18/h1-16H,(H,33,34)/b32-16-. The number of hydrogen-bond acceptors (Lipinski definition) is 6. The first-order valence-corrected chi connectivity index (χ1v) is 12.5. The van der Waals surface area contributed by atoms with E-state index in [0.717, 1.165) is 0 Å². The van der Waals surface area contributed by atoms with Gasteiger partial charge >= 0.3 is 11.9 Å². The molecule has 0 fully saturated rings. The second kappa shape index (κ2) is 12.5. The molecule has 190 valence electrons. The number of hydrazone groups is 1. The smallest absolute Gasteiger partial charge is 0.343 e. The lowest BCUT2D eigenvalue weighted by molar-refractivity contribution is 0.0732. The van der Waals surface area contributed by atoms with Crippen molar-refractivity contribution in [2.45, 2.75) is 0 Å². The Balaban J connectivity index is 1.57. The van der Waals surface area contributed by atoms with E-state index in [1.165, 1.54) is 48.7 Å². The quantitative estimate of drug-likeness (QED) is 0.106. The number of rotatable bonds is 7. The van der Waals surface area contributed by atoms with Gasteiger partial charge in [-0.15, -0.1) is 0 Å². The second-order valence-electron chi connectivity index (χ2n) is 7.67. The van der Waals surface area contributed by atoms with E-state index in [0.29, 0.717) is 25.6 Å². The highest BCUT2D eigenvalue weighted by atomic mass is 79.9. The molecule has 0 aromatic heterocycles. The number of hydrogen-bond donors (Lipinski definition) is 1. The Morgan fingerprint density at radius 1 is 0.763 bits per heavy atom. The topological polar surface area (TPSA) is 94.1 Å². The molecule has 0 aliphatic rings. The molecule has 1 N–H and O–H groups in total. The first-order valence-electron chi connectivity index (χ1n) is 11.0. The Hall–Kier alpha value is -3.98. The van der Waals surface area contributed by atoms with Crippen molar-refractivity contribution in [2.24, 2.45) is 5.10 Å². The average Bonchev–Trinajstić information content (AvgIpc) is 2.90. The third-order valence-corrected chi connectivity index (χ3v) is 6.24. The molecule has 4 aromatic carbocycles. The summed E-state index contributed by atoms with van der Waals surface area (Å²) in [5, 5.41) is 4.93. The maximum absolute atomic E-state index is 12.8. The van der Waals surface area contributed by atoms with Crippen LogP contribution < -0.4 is 14.9 Å². The van der Waals surface area contributed by atoms with Gasteiger partial charge in [0, 0.05) is 26.1 Å². The van der Waals surface area contributed by atoms with Crippen LogP contribution in [0.25, 0.3) is 0 Å². The lowest BCUT2D eigenvalue weighted by atomic mass is 10.2. The maximum atomic E-state index is 12.8. The van der Waals surface area contributed by atoms with E-state index in [4.69, 9.17) is 32.7 Å². The van der Waals surface area contributed by atoms with Crippen LogP contribution in [0.2, 0.25) is 10.0 Å². The summed E-state index contributed by atoms with van der Waals surface area (Å²) in [5.41, 5.74) is 3.70. The number of halogens is 3. The molecule has 0 unspecified atom stereocenters. The predicted molar refractivity (Wildman–Crippen MR) is 148 cm³/mol. The lowest BCUT2D eigenvalue weighted by Gasteiger charge is -2.11. The minimum Gasteiger partial charge on any atom is -0.423 e. The van der Waals surface area contributed by atoms with E-state index >= 15 is 0 Å². The van der Waals surface area contributed by atoms with Gasteiger partial charge < -0.3 is 9.47 Å². The summed E-state index contributed by atoms with van der Waals surface area (Å²) in [6.07, 6.45) is 1.31. The molecular formula is C28H17BrCl2N2O5. The molecule has 0 atom stereocenters. The highest BCUT2D eigenvalue weighted by Crippen LogP contribution is 2.26.